The Hall–Kier alpha value is -4.75. The van der Waals surface area contributed by atoms with Gasteiger partial charge in [-0.1, -0.05) is 6.07 Å². The van der Waals surface area contributed by atoms with Gasteiger partial charge in [-0.05, 0) is 36.8 Å². The van der Waals surface area contributed by atoms with E-state index >= 15 is 0 Å². The molecule has 0 unspecified atom stereocenters. The molecule has 0 spiro atoms. The highest BCUT2D eigenvalue weighted by Gasteiger charge is 2.25. The lowest BCUT2D eigenvalue weighted by atomic mass is 10.1. The van der Waals surface area contributed by atoms with Gasteiger partial charge in [-0.15, -0.1) is 11.8 Å². The highest BCUT2D eigenvalue weighted by atomic mass is 32.2. The van der Waals surface area contributed by atoms with E-state index in [1.54, 1.807) is 0 Å². The van der Waals surface area contributed by atoms with E-state index in [4.69, 9.17) is 20.7 Å². The zero-order valence-corrected chi connectivity index (χ0v) is 24.1. The van der Waals surface area contributed by atoms with Crippen molar-refractivity contribution in [3.8, 4) is 5.75 Å². The molecule has 2 aromatic carbocycles. The van der Waals surface area contributed by atoms with Crippen LogP contribution in [0.1, 0.15) is 18.4 Å². The van der Waals surface area contributed by atoms with Crippen molar-refractivity contribution in [2.24, 2.45) is 10.8 Å². The van der Waals surface area contributed by atoms with Gasteiger partial charge in [0.25, 0.3) is 15.7 Å². The number of carbonyl (C=O) groups is 4. The number of hydrogen-bond acceptors (Lipinski definition) is 12. The van der Waals surface area contributed by atoms with Crippen molar-refractivity contribution in [1.29, 1.82) is 0 Å². The number of nitrogens with two attached hydrogens (primary N) is 1. The molecule has 0 radical (unpaired) electrons. The summed E-state index contributed by atoms with van der Waals surface area (Å²) < 4.78 is 29.8. The minimum atomic E-state index is -4.04. The molecule has 43 heavy (non-hydrogen) atoms. The molecule has 19 heteroatoms. The van der Waals surface area contributed by atoms with Crippen LogP contribution in [-0.4, -0.2) is 85.0 Å². The maximum absolute atomic E-state index is 12.5. The second kappa shape index (κ2) is 16.0. The molecular weight excluding hydrogens is 612 g/mol. The Morgan fingerprint density at radius 3 is 2.42 bits per heavy atom. The van der Waals surface area contributed by atoms with Crippen molar-refractivity contribution < 1.29 is 47.5 Å². The van der Waals surface area contributed by atoms with Crippen LogP contribution in [0.5, 0.6) is 5.75 Å². The van der Waals surface area contributed by atoms with Gasteiger partial charge in [0.1, 0.15) is 24.4 Å². The summed E-state index contributed by atoms with van der Waals surface area (Å²) in [5.41, 5.74) is 5.12. The Morgan fingerprint density at radius 1 is 1.16 bits per heavy atom. The standard InChI is InChI=1S/C24H28N6O11S2/c1-41-15-3-5-16(6-4-15)43(39,40)29-27-11-14-2-8-20(19(10-14)30(37)38)42-13-18(23(34)26-12-22(32)33)28-21(31)9-7-17(25)24(35)36/h2-6,8,10-11,17-18,29H,7,9,12-13,25H2,1H3,(H,26,34)(H,28,31)(H,32,33)(H,35,36)/b27-11+/t17-,18-/m0/s1. The summed E-state index contributed by atoms with van der Waals surface area (Å²) in [7, 11) is -2.61. The van der Waals surface area contributed by atoms with Crippen molar-refractivity contribution >= 4 is 57.4 Å². The Morgan fingerprint density at radius 2 is 1.84 bits per heavy atom. The van der Waals surface area contributed by atoms with Crippen molar-refractivity contribution in [2.45, 2.75) is 34.7 Å². The van der Waals surface area contributed by atoms with E-state index < -0.39 is 63.0 Å². The molecule has 0 aromatic heterocycles. The number of hydrazone groups is 1. The van der Waals surface area contributed by atoms with Gasteiger partial charge in [0.05, 0.1) is 28.0 Å². The van der Waals surface area contributed by atoms with Gasteiger partial charge in [0, 0.05) is 23.8 Å². The molecule has 2 amide bonds. The third kappa shape index (κ3) is 11.2. The zero-order chi connectivity index (χ0) is 32.2. The molecular formula is C24H28N6O11S2. The lowest BCUT2D eigenvalue weighted by Crippen LogP contribution is -2.49. The summed E-state index contributed by atoms with van der Waals surface area (Å²) in [5, 5.41) is 37.5. The Labute approximate surface area is 249 Å². The summed E-state index contributed by atoms with van der Waals surface area (Å²) in [6, 6.07) is 6.66. The molecule has 17 nitrogen and oxygen atoms in total. The number of sulfonamides is 1. The first kappa shape index (κ1) is 34.5. The predicted molar refractivity (Wildman–Crippen MR) is 152 cm³/mol. The number of nitro groups is 1. The van der Waals surface area contributed by atoms with Crippen LogP contribution in [0, 0.1) is 10.1 Å². The number of amides is 2. The molecule has 2 rings (SSSR count). The van der Waals surface area contributed by atoms with Gasteiger partial charge in [0.15, 0.2) is 0 Å². The fourth-order valence-corrected chi connectivity index (χ4v) is 4.99. The van der Waals surface area contributed by atoms with Gasteiger partial charge in [-0.2, -0.15) is 13.5 Å². The van der Waals surface area contributed by atoms with Crippen LogP contribution in [-0.2, 0) is 29.2 Å². The van der Waals surface area contributed by atoms with Gasteiger partial charge < -0.3 is 31.3 Å². The maximum atomic E-state index is 12.5. The lowest BCUT2D eigenvalue weighted by Gasteiger charge is -2.18. The molecule has 0 heterocycles. The number of nitrogens with zero attached hydrogens (tertiary/aromatic N) is 2. The SMILES string of the molecule is COc1ccc(S(=O)(=O)N/N=C/c2ccc(SC[C@H](NC(=O)CC[C@H](N)C(=O)O)C(=O)NCC(=O)O)c([N+](=O)[O-])c2)cc1. The van der Waals surface area contributed by atoms with E-state index in [1.807, 2.05) is 4.83 Å². The quantitative estimate of drug-likeness (QED) is 0.0571. The number of nitro benzene ring substituents is 1. The number of aliphatic carboxylic acids is 2. The van der Waals surface area contributed by atoms with Gasteiger partial charge in [-0.25, -0.2) is 4.83 Å². The van der Waals surface area contributed by atoms with E-state index in [9.17, 15) is 37.7 Å². The third-order valence-corrected chi connectivity index (χ3v) is 7.80. The molecule has 0 aliphatic carbocycles. The Balaban J connectivity index is 2.15. The first-order chi connectivity index (χ1) is 20.2. The number of carboxylic acid groups (broad SMARTS) is 2. The van der Waals surface area contributed by atoms with Crippen LogP contribution in [0.15, 0.2) is 57.4 Å². The Kier molecular flexibility index (Phi) is 12.8. The lowest BCUT2D eigenvalue weighted by molar-refractivity contribution is -0.387. The van der Waals surface area contributed by atoms with Gasteiger partial charge in [-0.3, -0.25) is 29.3 Å². The number of carboxylic acids is 2. The average Bonchev–Trinajstić information content (AvgIpc) is 2.96. The fraction of sp³-hybridized carbons (Fsp3) is 0.292. The monoisotopic (exact) mass is 640 g/mol. The van der Waals surface area contributed by atoms with Crippen LogP contribution in [0.25, 0.3) is 0 Å². The number of thioether (sulfide) groups is 1. The number of carbonyl (C=O) groups excluding carboxylic acids is 2. The summed E-state index contributed by atoms with van der Waals surface area (Å²) in [5.74, 6) is -4.12. The predicted octanol–water partition coefficient (Wildman–Crippen LogP) is -0.114. The topological polar surface area (TPSA) is 270 Å². The second-order valence-electron chi connectivity index (χ2n) is 8.54. The van der Waals surface area contributed by atoms with Crippen molar-refractivity contribution in [2.75, 3.05) is 19.4 Å². The number of benzene rings is 2. The van der Waals surface area contributed by atoms with Crippen LogP contribution >= 0.6 is 11.8 Å². The first-order valence-electron chi connectivity index (χ1n) is 12.1. The maximum Gasteiger partial charge on any atom is 0.322 e. The number of rotatable bonds is 17. The number of ether oxygens (including phenoxy) is 1. The third-order valence-electron chi connectivity index (χ3n) is 5.41. The summed E-state index contributed by atoms with van der Waals surface area (Å²) in [4.78, 5) is 59.5. The van der Waals surface area contributed by atoms with E-state index in [1.165, 1.54) is 43.5 Å². The fourth-order valence-electron chi connectivity index (χ4n) is 3.18. The second-order valence-corrected chi connectivity index (χ2v) is 11.3. The van der Waals surface area contributed by atoms with Gasteiger partial charge in [0.2, 0.25) is 11.8 Å². The number of hydrogen-bond donors (Lipinski definition) is 6. The molecule has 0 fully saturated rings. The smallest absolute Gasteiger partial charge is 0.322 e. The largest absolute Gasteiger partial charge is 0.497 e. The molecule has 0 saturated carbocycles. The van der Waals surface area contributed by atoms with Crippen LogP contribution in [0.3, 0.4) is 0 Å². The molecule has 0 saturated heterocycles. The van der Waals surface area contributed by atoms with E-state index in [0.29, 0.717) is 5.75 Å². The first-order valence-corrected chi connectivity index (χ1v) is 14.6. The summed E-state index contributed by atoms with van der Waals surface area (Å²) in [6.45, 7) is -0.754. The van der Waals surface area contributed by atoms with E-state index in [0.717, 1.165) is 24.0 Å². The Bertz CT molecular complexity index is 1480. The highest BCUT2D eigenvalue weighted by molar-refractivity contribution is 7.99. The number of methoxy groups -OCH3 is 1. The molecule has 2 aromatic rings. The highest BCUT2D eigenvalue weighted by Crippen LogP contribution is 2.30. The molecule has 0 aliphatic heterocycles. The van der Waals surface area contributed by atoms with E-state index in [-0.39, 0.29) is 33.9 Å². The zero-order valence-electron chi connectivity index (χ0n) is 22.5. The van der Waals surface area contributed by atoms with Crippen LogP contribution < -0.4 is 25.9 Å². The normalized spacial score (nSPS) is 12.6. The average molecular weight is 641 g/mol. The van der Waals surface area contributed by atoms with Crippen molar-refractivity contribution in [3.05, 3.63) is 58.1 Å². The van der Waals surface area contributed by atoms with Crippen molar-refractivity contribution in [1.82, 2.24) is 15.5 Å². The molecule has 0 aliphatic rings. The minimum absolute atomic E-state index is 0.0687. The minimum Gasteiger partial charge on any atom is -0.497 e. The number of nitrogens with one attached hydrogen (secondary N) is 3. The molecule has 0 bridgehead atoms. The van der Waals surface area contributed by atoms with E-state index in [2.05, 4.69) is 15.7 Å². The van der Waals surface area contributed by atoms with Crippen LogP contribution in [0.2, 0.25) is 0 Å². The van der Waals surface area contributed by atoms with Crippen molar-refractivity contribution in [3.63, 3.8) is 0 Å². The summed E-state index contributed by atoms with van der Waals surface area (Å²) in [6.07, 6.45) is 0.465. The van der Waals surface area contributed by atoms with Crippen LogP contribution in [0.4, 0.5) is 5.69 Å². The summed E-state index contributed by atoms with van der Waals surface area (Å²) >= 11 is 0.805. The van der Waals surface area contributed by atoms with Gasteiger partial charge >= 0.3 is 11.9 Å². The molecule has 232 valence electrons. The molecule has 7 N–H and O–H groups in total. The molecule has 2 atom stereocenters.